The van der Waals surface area contributed by atoms with Crippen LogP contribution in [0.5, 0.6) is 0 Å². The molecule has 0 saturated heterocycles. The Labute approximate surface area is 119 Å². The van der Waals surface area contributed by atoms with E-state index in [4.69, 9.17) is 11.6 Å². The Hall–Kier alpha value is -1.09. The SMILES string of the molecule is CN(CC1CC2CCC1C2)C(=O)c1ccncc1Cl. The van der Waals surface area contributed by atoms with E-state index in [9.17, 15) is 4.79 Å². The first kappa shape index (κ1) is 12.9. The van der Waals surface area contributed by atoms with Gasteiger partial charge in [-0.15, -0.1) is 0 Å². The van der Waals surface area contributed by atoms with Crippen LogP contribution in [-0.2, 0) is 0 Å². The molecule has 3 atom stereocenters. The first-order valence-corrected chi connectivity index (χ1v) is 7.38. The molecule has 1 aromatic rings. The van der Waals surface area contributed by atoms with Gasteiger partial charge in [-0.05, 0) is 43.1 Å². The molecule has 4 heteroatoms. The lowest BCUT2D eigenvalue weighted by Gasteiger charge is -2.27. The monoisotopic (exact) mass is 278 g/mol. The van der Waals surface area contributed by atoms with Gasteiger partial charge in [0.25, 0.3) is 5.91 Å². The van der Waals surface area contributed by atoms with Crippen LogP contribution >= 0.6 is 11.6 Å². The molecule has 19 heavy (non-hydrogen) atoms. The van der Waals surface area contributed by atoms with Crippen LogP contribution in [0.2, 0.25) is 5.02 Å². The van der Waals surface area contributed by atoms with E-state index >= 15 is 0 Å². The highest BCUT2D eigenvalue weighted by atomic mass is 35.5. The van der Waals surface area contributed by atoms with Crippen molar-refractivity contribution in [2.24, 2.45) is 17.8 Å². The van der Waals surface area contributed by atoms with E-state index < -0.39 is 0 Å². The van der Waals surface area contributed by atoms with Crippen LogP contribution in [0.4, 0.5) is 0 Å². The highest BCUT2D eigenvalue weighted by molar-refractivity contribution is 6.33. The van der Waals surface area contributed by atoms with Crippen LogP contribution in [0.15, 0.2) is 18.5 Å². The van der Waals surface area contributed by atoms with Crippen LogP contribution in [0.25, 0.3) is 0 Å². The highest BCUT2D eigenvalue weighted by Gasteiger charge is 2.40. The van der Waals surface area contributed by atoms with Gasteiger partial charge in [-0.1, -0.05) is 18.0 Å². The topological polar surface area (TPSA) is 33.2 Å². The minimum absolute atomic E-state index is 0.00942. The van der Waals surface area contributed by atoms with Crippen LogP contribution in [0.3, 0.4) is 0 Å². The Kier molecular flexibility index (Phi) is 3.48. The van der Waals surface area contributed by atoms with Gasteiger partial charge in [-0.3, -0.25) is 9.78 Å². The number of nitrogens with zero attached hydrogens (tertiary/aromatic N) is 2. The van der Waals surface area contributed by atoms with Crippen molar-refractivity contribution in [2.45, 2.75) is 25.7 Å². The molecule has 0 spiro atoms. The molecular weight excluding hydrogens is 260 g/mol. The molecule has 2 bridgehead atoms. The van der Waals surface area contributed by atoms with Gasteiger partial charge in [0.2, 0.25) is 0 Å². The van der Waals surface area contributed by atoms with Gasteiger partial charge in [0.15, 0.2) is 0 Å². The first-order chi connectivity index (χ1) is 9.15. The predicted octanol–water partition coefficient (Wildman–Crippen LogP) is 3.24. The molecular formula is C15H19ClN2O. The quantitative estimate of drug-likeness (QED) is 0.850. The number of rotatable bonds is 3. The van der Waals surface area contributed by atoms with E-state index in [1.807, 2.05) is 11.9 Å². The molecule has 2 fully saturated rings. The molecule has 3 unspecified atom stereocenters. The standard InChI is InChI=1S/C15H19ClN2O/c1-18(9-12-7-10-2-3-11(12)6-10)15(19)13-4-5-17-8-14(13)16/h4-5,8,10-12H,2-3,6-7,9H2,1H3. The zero-order chi connectivity index (χ0) is 13.4. The number of pyridine rings is 1. The smallest absolute Gasteiger partial charge is 0.255 e. The second-order valence-electron chi connectivity index (χ2n) is 5.98. The Morgan fingerprint density at radius 2 is 2.32 bits per heavy atom. The molecule has 1 heterocycles. The Morgan fingerprint density at radius 3 is 2.95 bits per heavy atom. The van der Waals surface area contributed by atoms with Crippen molar-refractivity contribution in [1.82, 2.24) is 9.88 Å². The Morgan fingerprint density at radius 1 is 1.47 bits per heavy atom. The summed E-state index contributed by atoms with van der Waals surface area (Å²) in [5.74, 6) is 2.46. The number of carbonyl (C=O) groups is 1. The summed E-state index contributed by atoms with van der Waals surface area (Å²) in [4.78, 5) is 18.1. The summed E-state index contributed by atoms with van der Waals surface area (Å²) < 4.78 is 0. The molecule has 3 rings (SSSR count). The lowest BCUT2D eigenvalue weighted by Crippen LogP contribution is -2.33. The minimum atomic E-state index is 0.00942. The van der Waals surface area contributed by atoms with Gasteiger partial charge in [0.1, 0.15) is 0 Å². The molecule has 2 aliphatic carbocycles. The summed E-state index contributed by atoms with van der Waals surface area (Å²) in [5, 5.41) is 0.437. The van der Waals surface area contributed by atoms with Gasteiger partial charge >= 0.3 is 0 Å². The van der Waals surface area contributed by atoms with Crippen LogP contribution < -0.4 is 0 Å². The second-order valence-corrected chi connectivity index (χ2v) is 6.38. The zero-order valence-corrected chi connectivity index (χ0v) is 11.9. The fourth-order valence-corrected chi connectivity index (χ4v) is 3.99. The second kappa shape index (κ2) is 5.12. The largest absolute Gasteiger partial charge is 0.341 e. The van der Waals surface area contributed by atoms with Crippen molar-refractivity contribution in [2.75, 3.05) is 13.6 Å². The third-order valence-corrected chi connectivity index (χ3v) is 5.04. The van der Waals surface area contributed by atoms with Crippen LogP contribution in [0, 0.1) is 17.8 Å². The van der Waals surface area contributed by atoms with Crippen molar-refractivity contribution in [1.29, 1.82) is 0 Å². The van der Waals surface area contributed by atoms with Crippen molar-refractivity contribution in [3.8, 4) is 0 Å². The maximum Gasteiger partial charge on any atom is 0.255 e. The molecule has 2 saturated carbocycles. The molecule has 1 aromatic heterocycles. The molecule has 2 aliphatic rings. The minimum Gasteiger partial charge on any atom is -0.341 e. The molecule has 0 aromatic carbocycles. The van der Waals surface area contributed by atoms with E-state index in [1.165, 1.54) is 31.9 Å². The Balaban J connectivity index is 1.66. The fraction of sp³-hybridized carbons (Fsp3) is 0.600. The zero-order valence-electron chi connectivity index (χ0n) is 11.2. The first-order valence-electron chi connectivity index (χ1n) is 7.00. The predicted molar refractivity (Wildman–Crippen MR) is 75.1 cm³/mol. The molecule has 0 aliphatic heterocycles. The third kappa shape index (κ3) is 2.48. The molecule has 102 valence electrons. The normalized spacial score (nSPS) is 28.6. The fourth-order valence-electron chi connectivity index (χ4n) is 3.79. The van der Waals surface area contributed by atoms with Crippen molar-refractivity contribution >= 4 is 17.5 Å². The van der Waals surface area contributed by atoms with Crippen LogP contribution in [-0.4, -0.2) is 29.4 Å². The van der Waals surface area contributed by atoms with Crippen LogP contribution in [0.1, 0.15) is 36.0 Å². The summed E-state index contributed by atoms with van der Waals surface area (Å²) in [6.45, 7) is 0.860. The van der Waals surface area contributed by atoms with Gasteiger partial charge in [0, 0.05) is 26.0 Å². The van der Waals surface area contributed by atoms with Crippen molar-refractivity contribution in [3.05, 3.63) is 29.0 Å². The lowest BCUT2D eigenvalue weighted by atomic mass is 9.88. The van der Waals surface area contributed by atoms with E-state index in [-0.39, 0.29) is 5.91 Å². The maximum absolute atomic E-state index is 12.4. The summed E-state index contributed by atoms with van der Waals surface area (Å²) >= 11 is 6.03. The molecule has 3 nitrogen and oxygen atoms in total. The summed E-state index contributed by atoms with van der Waals surface area (Å²) in [7, 11) is 1.88. The van der Waals surface area contributed by atoms with E-state index in [0.717, 1.165) is 18.4 Å². The number of hydrogen-bond acceptors (Lipinski definition) is 2. The van der Waals surface area contributed by atoms with Crippen molar-refractivity contribution in [3.63, 3.8) is 0 Å². The van der Waals surface area contributed by atoms with Gasteiger partial charge in [-0.2, -0.15) is 0 Å². The average Bonchev–Trinajstić information content (AvgIpc) is 3.00. The number of aromatic nitrogens is 1. The number of hydrogen-bond donors (Lipinski definition) is 0. The van der Waals surface area contributed by atoms with E-state index in [0.29, 0.717) is 16.5 Å². The third-order valence-electron chi connectivity index (χ3n) is 4.74. The van der Waals surface area contributed by atoms with Gasteiger partial charge in [0.05, 0.1) is 10.6 Å². The summed E-state index contributed by atoms with van der Waals surface area (Å²) in [6.07, 6.45) is 8.57. The summed E-state index contributed by atoms with van der Waals surface area (Å²) in [5.41, 5.74) is 0.558. The number of fused-ring (bicyclic) bond motifs is 2. The van der Waals surface area contributed by atoms with Gasteiger partial charge < -0.3 is 4.90 Å². The highest BCUT2D eigenvalue weighted by Crippen LogP contribution is 2.48. The van der Waals surface area contributed by atoms with Gasteiger partial charge in [-0.25, -0.2) is 0 Å². The number of amides is 1. The van der Waals surface area contributed by atoms with E-state index in [1.54, 1.807) is 12.3 Å². The van der Waals surface area contributed by atoms with E-state index in [2.05, 4.69) is 4.98 Å². The number of carbonyl (C=O) groups excluding carboxylic acids is 1. The Bertz CT molecular complexity index is 491. The van der Waals surface area contributed by atoms with Crippen molar-refractivity contribution < 1.29 is 4.79 Å². The lowest BCUT2D eigenvalue weighted by molar-refractivity contribution is 0.0754. The number of halogens is 1. The molecule has 0 radical (unpaired) electrons. The molecule has 0 N–H and O–H groups in total. The summed E-state index contributed by atoms with van der Waals surface area (Å²) in [6, 6.07) is 1.70. The molecule has 1 amide bonds. The average molecular weight is 279 g/mol. The maximum atomic E-state index is 12.4.